The lowest BCUT2D eigenvalue weighted by Gasteiger charge is -2.42. The highest BCUT2D eigenvalue weighted by atomic mass is 19.1. The van der Waals surface area contributed by atoms with Crippen molar-refractivity contribution in [2.24, 2.45) is 5.16 Å². The van der Waals surface area contributed by atoms with E-state index in [2.05, 4.69) is 34.1 Å². The fraction of sp³-hybridized carbons (Fsp3) is 0.333. The molecule has 0 radical (unpaired) electrons. The predicted molar refractivity (Wildman–Crippen MR) is 131 cm³/mol. The van der Waals surface area contributed by atoms with Gasteiger partial charge in [0.1, 0.15) is 11.6 Å². The molecule has 0 spiro atoms. The van der Waals surface area contributed by atoms with Crippen LogP contribution in [-0.2, 0) is 4.84 Å². The van der Waals surface area contributed by atoms with E-state index in [-0.39, 0.29) is 18.0 Å². The van der Waals surface area contributed by atoms with Crippen LogP contribution in [0.2, 0.25) is 0 Å². The van der Waals surface area contributed by atoms with Crippen LogP contribution in [0.3, 0.4) is 0 Å². The number of benzene rings is 2. The molecule has 2 aromatic carbocycles. The second-order valence-corrected chi connectivity index (χ2v) is 9.06. The molecule has 0 saturated carbocycles. The van der Waals surface area contributed by atoms with Gasteiger partial charge in [-0.1, -0.05) is 17.3 Å². The molecule has 1 saturated heterocycles. The van der Waals surface area contributed by atoms with Gasteiger partial charge in [0.15, 0.2) is 11.9 Å². The molecule has 6 nitrogen and oxygen atoms in total. The van der Waals surface area contributed by atoms with Gasteiger partial charge in [-0.3, -0.25) is 0 Å². The fourth-order valence-corrected chi connectivity index (χ4v) is 4.86. The second kappa shape index (κ2) is 8.97. The van der Waals surface area contributed by atoms with Crippen molar-refractivity contribution < 1.29 is 14.0 Å². The average molecular weight is 461 g/mol. The van der Waals surface area contributed by atoms with Crippen LogP contribution < -0.4 is 4.74 Å². The summed E-state index contributed by atoms with van der Waals surface area (Å²) in [4.78, 5) is 12.5. The molecule has 34 heavy (non-hydrogen) atoms. The number of oxime groups is 1. The molecular formula is C27H29FN4O2. The van der Waals surface area contributed by atoms with Crippen molar-refractivity contribution in [3.63, 3.8) is 0 Å². The quantitative estimate of drug-likeness (QED) is 0.509. The number of ether oxygens (including phenoxy) is 1. The summed E-state index contributed by atoms with van der Waals surface area (Å²) in [5.41, 5.74) is 5.75. The lowest BCUT2D eigenvalue weighted by atomic mass is 9.94. The van der Waals surface area contributed by atoms with Gasteiger partial charge in [0.2, 0.25) is 0 Å². The zero-order valence-corrected chi connectivity index (χ0v) is 20.0. The van der Waals surface area contributed by atoms with Gasteiger partial charge in [0.25, 0.3) is 0 Å². The maximum Gasteiger partial charge on any atom is 0.172 e. The lowest BCUT2D eigenvalue weighted by Crippen LogP contribution is -2.49. The molecule has 5 rings (SSSR count). The Morgan fingerprint density at radius 1 is 1.18 bits per heavy atom. The van der Waals surface area contributed by atoms with Gasteiger partial charge < -0.3 is 19.0 Å². The summed E-state index contributed by atoms with van der Waals surface area (Å²) in [7, 11) is 1.68. The molecule has 7 heteroatoms. The average Bonchev–Trinajstić information content (AvgIpc) is 3.25. The van der Waals surface area contributed by atoms with E-state index in [4.69, 9.17) is 9.57 Å². The number of aryl methyl sites for hydroxylation is 2. The smallest absolute Gasteiger partial charge is 0.172 e. The van der Waals surface area contributed by atoms with Gasteiger partial charge in [0, 0.05) is 18.3 Å². The van der Waals surface area contributed by atoms with Crippen molar-refractivity contribution >= 4 is 11.9 Å². The van der Waals surface area contributed by atoms with Gasteiger partial charge in [-0.15, -0.1) is 0 Å². The molecule has 1 aromatic heterocycles. The number of rotatable bonds is 4. The van der Waals surface area contributed by atoms with Crippen LogP contribution >= 0.6 is 0 Å². The molecule has 0 unspecified atom stereocenters. The summed E-state index contributed by atoms with van der Waals surface area (Å²) in [6, 6.07) is 11.2. The molecule has 0 aliphatic carbocycles. The first kappa shape index (κ1) is 22.2. The minimum absolute atomic E-state index is 0.0405. The maximum atomic E-state index is 14.0. The van der Waals surface area contributed by atoms with E-state index in [0.717, 1.165) is 64.6 Å². The number of hydrogen-bond donors (Lipinski definition) is 0. The third kappa shape index (κ3) is 4.18. The first-order valence-electron chi connectivity index (χ1n) is 11.6. The third-order valence-corrected chi connectivity index (χ3v) is 6.51. The molecule has 3 aromatic rings. The normalized spacial score (nSPS) is 21.1. The van der Waals surface area contributed by atoms with E-state index < -0.39 is 0 Å². The van der Waals surface area contributed by atoms with Crippen LogP contribution in [0.1, 0.15) is 48.3 Å². The van der Waals surface area contributed by atoms with E-state index in [1.165, 1.54) is 6.07 Å². The van der Waals surface area contributed by atoms with E-state index in [1.807, 2.05) is 42.8 Å². The molecule has 2 atom stereocenters. The fourth-order valence-electron chi connectivity index (χ4n) is 4.86. The molecule has 1 fully saturated rings. The van der Waals surface area contributed by atoms with Crippen LogP contribution in [0.5, 0.6) is 5.75 Å². The first-order chi connectivity index (χ1) is 16.4. The van der Waals surface area contributed by atoms with Gasteiger partial charge in [0.05, 0.1) is 30.9 Å². The van der Waals surface area contributed by atoms with Crippen molar-refractivity contribution in [3.05, 3.63) is 82.7 Å². The Kier molecular flexibility index (Phi) is 5.86. The Morgan fingerprint density at radius 3 is 2.76 bits per heavy atom. The van der Waals surface area contributed by atoms with Crippen LogP contribution in [0.4, 0.5) is 4.39 Å². The summed E-state index contributed by atoms with van der Waals surface area (Å²) in [6.45, 7) is 6.87. The predicted octanol–water partition coefficient (Wildman–Crippen LogP) is 5.59. The van der Waals surface area contributed by atoms with E-state index in [1.54, 1.807) is 19.5 Å². The van der Waals surface area contributed by atoms with Crippen LogP contribution in [-0.4, -0.2) is 40.0 Å². The third-order valence-electron chi connectivity index (χ3n) is 6.51. The molecule has 0 amide bonds. The van der Waals surface area contributed by atoms with E-state index in [9.17, 15) is 4.39 Å². The Balaban J connectivity index is 1.45. The Hall–Kier alpha value is -3.61. The molecule has 0 bridgehead atoms. The number of piperidine rings is 1. The minimum Gasteiger partial charge on any atom is -0.495 e. The maximum absolute atomic E-state index is 14.0. The van der Waals surface area contributed by atoms with Gasteiger partial charge >= 0.3 is 0 Å². The van der Waals surface area contributed by atoms with Gasteiger partial charge in [-0.25, -0.2) is 9.37 Å². The van der Waals surface area contributed by atoms with Crippen molar-refractivity contribution in [3.8, 4) is 11.4 Å². The summed E-state index contributed by atoms with van der Waals surface area (Å²) in [5, 5.41) is 4.52. The standard InChI is InChI=1S/C27H29FN4O2/c1-17-10-22(14-23(28)11-17)26-19(3)32-9-5-6-21(27(32)30-34-26)12-20-7-8-24(25(13-20)33-4)31-15-18(2)29-16-31/h7-8,10-16,19,26H,5-6,9H2,1-4H3/b21-12+/t19-,26-/m0/s1. The highest BCUT2D eigenvalue weighted by Crippen LogP contribution is 2.35. The summed E-state index contributed by atoms with van der Waals surface area (Å²) < 4.78 is 21.6. The van der Waals surface area contributed by atoms with Crippen molar-refractivity contribution in [1.29, 1.82) is 0 Å². The minimum atomic E-state index is -0.310. The van der Waals surface area contributed by atoms with Crippen molar-refractivity contribution in [1.82, 2.24) is 14.5 Å². The molecular weight excluding hydrogens is 431 g/mol. The number of amidine groups is 1. The summed E-state index contributed by atoms with van der Waals surface area (Å²) in [6.07, 6.45) is 7.54. The van der Waals surface area contributed by atoms with E-state index >= 15 is 0 Å². The number of hydrogen-bond acceptors (Lipinski definition) is 5. The number of fused-ring (bicyclic) bond motifs is 1. The number of imidazole rings is 1. The van der Waals surface area contributed by atoms with Gasteiger partial charge in [-0.05, 0) is 80.7 Å². The molecule has 3 heterocycles. The largest absolute Gasteiger partial charge is 0.495 e. The number of aromatic nitrogens is 2. The number of nitrogens with zero attached hydrogens (tertiary/aromatic N) is 4. The number of methoxy groups -OCH3 is 1. The van der Waals surface area contributed by atoms with Crippen LogP contribution in [0.25, 0.3) is 11.8 Å². The summed E-state index contributed by atoms with van der Waals surface area (Å²) in [5.74, 6) is 1.38. The van der Waals surface area contributed by atoms with E-state index in [0.29, 0.717) is 0 Å². The second-order valence-electron chi connectivity index (χ2n) is 9.06. The molecule has 2 aliphatic rings. The topological polar surface area (TPSA) is 51.9 Å². The molecule has 2 aliphatic heterocycles. The SMILES string of the molecule is COc1cc(/C=C2\CCCN3C2=NO[C@H](c2cc(C)cc(F)c2)[C@@H]3C)ccc1-n1cnc(C)c1. The highest BCUT2D eigenvalue weighted by molar-refractivity contribution is 6.03. The Morgan fingerprint density at radius 2 is 2.03 bits per heavy atom. The monoisotopic (exact) mass is 460 g/mol. The lowest BCUT2D eigenvalue weighted by molar-refractivity contribution is -0.0157. The molecule has 176 valence electrons. The highest BCUT2D eigenvalue weighted by Gasteiger charge is 2.36. The van der Waals surface area contributed by atoms with Crippen LogP contribution in [0.15, 0.2) is 59.7 Å². The first-order valence-corrected chi connectivity index (χ1v) is 11.6. The Bertz CT molecular complexity index is 1260. The van der Waals surface area contributed by atoms with Crippen molar-refractivity contribution in [2.75, 3.05) is 13.7 Å². The van der Waals surface area contributed by atoms with Crippen LogP contribution in [0, 0.1) is 19.7 Å². The number of halogens is 1. The van der Waals surface area contributed by atoms with Gasteiger partial charge in [-0.2, -0.15) is 0 Å². The summed E-state index contributed by atoms with van der Waals surface area (Å²) >= 11 is 0. The Labute approximate surface area is 199 Å². The zero-order valence-electron chi connectivity index (χ0n) is 20.0. The zero-order chi connectivity index (χ0) is 23.8. The van der Waals surface area contributed by atoms with Crippen molar-refractivity contribution in [2.45, 2.75) is 45.8 Å². The molecule has 0 N–H and O–H groups in total.